The number of nitrogens with zero attached hydrogens (tertiary/aromatic N) is 1. The molecule has 0 saturated heterocycles. The molecule has 2 rings (SSSR count). The maximum Gasteiger partial charge on any atom is 0.221 e. The lowest BCUT2D eigenvalue weighted by Crippen LogP contribution is -2.22. The van der Waals surface area contributed by atoms with Gasteiger partial charge in [0, 0.05) is 12.6 Å². The number of hydrazone groups is 1. The van der Waals surface area contributed by atoms with Crippen molar-refractivity contribution >= 4 is 41.1 Å². The Balaban J connectivity index is 2.05. The molecule has 0 aromatic heterocycles. The van der Waals surface area contributed by atoms with E-state index < -0.39 is 5.97 Å². The average Bonchev–Trinajstić information content (AvgIpc) is 2.50. The normalized spacial score (nSPS) is 10.5. The van der Waals surface area contributed by atoms with Gasteiger partial charge in [0.2, 0.25) is 5.91 Å². The second-order valence-electron chi connectivity index (χ2n) is 4.66. The van der Waals surface area contributed by atoms with Crippen LogP contribution in [-0.2, 0) is 4.79 Å². The van der Waals surface area contributed by atoms with Gasteiger partial charge in [-0.15, -0.1) is 0 Å². The third-order valence-corrected chi connectivity index (χ3v) is 3.16. The van der Waals surface area contributed by atoms with Crippen molar-refractivity contribution in [2.75, 3.05) is 10.7 Å². The van der Waals surface area contributed by atoms with Crippen LogP contribution in [0.3, 0.4) is 0 Å². The Morgan fingerprint density at radius 2 is 1.87 bits per heavy atom. The molecule has 0 aliphatic heterocycles. The van der Waals surface area contributed by atoms with Gasteiger partial charge >= 0.3 is 0 Å². The molecule has 118 valence electrons. The summed E-state index contributed by atoms with van der Waals surface area (Å²) >= 11 is 5.96. The Hall–Kier alpha value is -2.86. The van der Waals surface area contributed by atoms with Crippen molar-refractivity contribution in [2.45, 2.75) is 6.92 Å². The highest BCUT2D eigenvalue weighted by atomic mass is 35.5. The lowest BCUT2D eigenvalue weighted by Gasteiger charge is -2.07. The largest absolute Gasteiger partial charge is 0.545 e. The predicted octanol–water partition coefficient (Wildman–Crippen LogP) is 2.11. The van der Waals surface area contributed by atoms with E-state index in [1.54, 1.807) is 30.5 Å². The van der Waals surface area contributed by atoms with E-state index in [-0.39, 0.29) is 11.5 Å². The second kappa shape index (κ2) is 7.42. The summed E-state index contributed by atoms with van der Waals surface area (Å²) in [5.41, 5.74) is 4.52. The van der Waals surface area contributed by atoms with Gasteiger partial charge in [-0.1, -0.05) is 29.8 Å². The molecule has 0 fully saturated rings. The molecule has 2 aromatic carbocycles. The highest BCUT2D eigenvalue weighted by Gasteiger charge is 2.01. The maximum absolute atomic E-state index is 10.9. The summed E-state index contributed by atoms with van der Waals surface area (Å²) in [6.07, 6.45) is 1.54. The van der Waals surface area contributed by atoms with Gasteiger partial charge in [-0.2, -0.15) is 5.10 Å². The number of carbonyl (C=O) groups is 2. The first-order valence-electron chi connectivity index (χ1n) is 6.63. The van der Waals surface area contributed by atoms with Gasteiger partial charge in [0.25, 0.3) is 0 Å². The molecule has 0 radical (unpaired) electrons. The highest BCUT2D eigenvalue weighted by molar-refractivity contribution is 6.33. The van der Waals surface area contributed by atoms with Crippen LogP contribution < -0.4 is 15.8 Å². The van der Waals surface area contributed by atoms with Crippen LogP contribution in [0.4, 0.5) is 11.4 Å². The van der Waals surface area contributed by atoms with E-state index >= 15 is 0 Å². The van der Waals surface area contributed by atoms with Crippen LogP contribution in [0.15, 0.2) is 47.6 Å². The van der Waals surface area contributed by atoms with Crippen molar-refractivity contribution in [1.82, 2.24) is 0 Å². The van der Waals surface area contributed by atoms with Crippen molar-refractivity contribution in [3.8, 4) is 0 Å². The van der Waals surface area contributed by atoms with Crippen LogP contribution in [0.1, 0.15) is 22.8 Å². The number of hydrogen-bond donors (Lipinski definition) is 2. The second-order valence-corrected chi connectivity index (χ2v) is 5.06. The first kappa shape index (κ1) is 16.5. The SMILES string of the molecule is CC(=O)Nc1ccc(/C=N\Nc2cc(C(=O)[O-])ccc2Cl)cc1. The predicted molar refractivity (Wildman–Crippen MR) is 87.7 cm³/mol. The molecule has 0 heterocycles. The Morgan fingerprint density at radius 3 is 2.48 bits per heavy atom. The number of halogens is 1. The third-order valence-electron chi connectivity index (χ3n) is 2.83. The minimum Gasteiger partial charge on any atom is -0.545 e. The molecular formula is C16H13ClN3O3-. The Morgan fingerprint density at radius 1 is 1.17 bits per heavy atom. The quantitative estimate of drug-likeness (QED) is 0.648. The number of anilines is 2. The number of carboxylic acids is 1. The summed E-state index contributed by atoms with van der Waals surface area (Å²) in [6, 6.07) is 11.2. The standard InChI is InChI=1S/C16H14ClN3O3/c1-10(21)19-13-5-2-11(3-6-13)9-18-20-15-8-12(16(22)23)4-7-14(15)17/h2-9,20H,1H3,(H,19,21)(H,22,23)/p-1/b18-9-. The van der Waals surface area contributed by atoms with E-state index in [2.05, 4.69) is 15.8 Å². The van der Waals surface area contributed by atoms with Crippen LogP contribution in [0.5, 0.6) is 0 Å². The van der Waals surface area contributed by atoms with E-state index in [0.29, 0.717) is 16.4 Å². The van der Waals surface area contributed by atoms with E-state index in [0.717, 1.165) is 5.56 Å². The van der Waals surface area contributed by atoms with Gasteiger partial charge in [0.15, 0.2) is 0 Å². The molecule has 0 aliphatic rings. The number of rotatable bonds is 5. The van der Waals surface area contributed by atoms with Crippen LogP contribution in [0.2, 0.25) is 5.02 Å². The summed E-state index contributed by atoms with van der Waals surface area (Å²) in [6.45, 7) is 1.43. The number of aromatic carboxylic acids is 1. The smallest absolute Gasteiger partial charge is 0.221 e. The summed E-state index contributed by atoms with van der Waals surface area (Å²) in [7, 11) is 0. The lowest BCUT2D eigenvalue weighted by molar-refractivity contribution is -0.255. The summed E-state index contributed by atoms with van der Waals surface area (Å²) in [5.74, 6) is -1.43. The van der Waals surface area contributed by atoms with E-state index in [1.165, 1.54) is 25.1 Å². The molecule has 7 heteroatoms. The molecule has 23 heavy (non-hydrogen) atoms. The van der Waals surface area contributed by atoms with E-state index in [9.17, 15) is 14.7 Å². The fourth-order valence-corrected chi connectivity index (χ4v) is 1.93. The zero-order valence-corrected chi connectivity index (χ0v) is 12.9. The molecule has 6 nitrogen and oxygen atoms in total. The van der Waals surface area contributed by atoms with E-state index in [4.69, 9.17) is 11.6 Å². The molecule has 2 aromatic rings. The minimum atomic E-state index is -1.29. The highest BCUT2D eigenvalue weighted by Crippen LogP contribution is 2.22. The molecule has 0 unspecified atom stereocenters. The zero-order valence-electron chi connectivity index (χ0n) is 12.2. The van der Waals surface area contributed by atoms with Crippen LogP contribution in [-0.4, -0.2) is 18.1 Å². The number of nitrogens with one attached hydrogen (secondary N) is 2. The molecule has 0 aliphatic carbocycles. The molecule has 0 bridgehead atoms. The molecule has 0 atom stereocenters. The minimum absolute atomic E-state index is 0.00626. The number of hydrogen-bond acceptors (Lipinski definition) is 5. The van der Waals surface area contributed by atoms with Gasteiger partial charge in [-0.05, 0) is 35.4 Å². The van der Waals surface area contributed by atoms with Gasteiger partial charge in [0.05, 0.1) is 22.9 Å². The first-order chi connectivity index (χ1) is 11.0. The maximum atomic E-state index is 10.9. The van der Waals surface area contributed by atoms with Gasteiger partial charge < -0.3 is 15.2 Å². The summed E-state index contributed by atoms with van der Waals surface area (Å²) in [4.78, 5) is 21.7. The monoisotopic (exact) mass is 330 g/mol. The van der Waals surface area contributed by atoms with Crippen molar-refractivity contribution in [2.24, 2.45) is 5.10 Å². The van der Waals surface area contributed by atoms with Crippen molar-refractivity contribution in [3.05, 3.63) is 58.6 Å². The van der Waals surface area contributed by atoms with Crippen molar-refractivity contribution in [1.29, 1.82) is 0 Å². The van der Waals surface area contributed by atoms with E-state index in [1.807, 2.05) is 0 Å². The lowest BCUT2D eigenvalue weighted by atomic mass is 10.2. The van der Waals surface area contributed by atoms with Crippen molar-refractivity contribution < 1.29 is 14.7 Å². The van der Waals surface area contributed by atoms with Crippen LogP contribution in [0.25, 0.3) is 0 Å². The number of amides is 1. The Kier molecular flexibility index (Phi) is 5.32. The van der Waals surface area contributed by atoms with Gasteiger partial charge in [-0.3, -0.25) is 10.2 Å². The summed E-state index contributed by atoms with van der Waals surface area (Å²) in [5, 5.41) is 17.8. The Bertz CT molecular complexity index is 758. The fraction of sp³-hybridized carbons (Fsp3) is 0.0625. The molecule has 0 spiro atoms. The van der Waals surface area contributed by atoms with Gasteiger partial charge in [-0.25, -0.2) is 0 Å². The third kappa shape index (κ3) is 4.82. The Labute approximate surface area is 137 Å². The summed E-state index contributed by atoms with van der Waals surface area (Å²) < 4.78 is 0. The van der Waals surface area contributed by atoms with Crippen LogP contribution >= 0.6 is 11.6 Å². The molecule has 1 amide bonds. The number of benzene rings is 2. The topological polar surface area (TPSA) is 93.6 Å². The average molecular weight is 331 g/mol. The molecule has 0 saturated carbocycles. The van der Waals surface area contributed by atoms with Crippen LogP contribution in [0, 0.1) is 0 Å². The number of carbonyl (C=O) groups excluding carboxylic acids is 2. The fourth-order valence-electron chi connectivity index (χ4n) is 1.77. The molecular weight excluding hydrogens is 318 g/mol. The van der Waals surface area contributed by atoms with Crippen molar-refractivity contribution in [3.63, 3.8) is 0 Å². The zero-order chi connectivity index (χ0) is 16.8. The van der Waals surface area contributed by atoms with Gasteiger partial charge in [0.1, 0.15) is 0 Å². The number of carboxylic acid groups (broad SMARTS) is 1. The molecule has 2 N–H and O–H groups in total. The first-order valence-corrected chi connectivity index (χ1v) is 7.01.